The van der Waals surface area contributed by atoms with Crippen molar-refractivity contribution in [3.05, 3.63) is 29.8 Å². The van der Waals surface area contributed by atoms with E-state index in [1.165, 1.54) is 28.6 Å². The fraction of sp³-hybridized carbons (Fsp3) is 0.556. The molecule has 1 aromatic rings. The molecule has 7 nitrogen and oxygen atoms in total. The predicted octanol–water partition coefficient (Wildman–Crippen LogP) is 2.04. The van der Waals surface area contributed by atoms with E-state index in [1.807, 2.05) is 20.8 Å². The van der Waals surface area contributed by atoms with Crippen LogP contribution in [0.2, 0.25) is 0 Å². The van der Waals surface area contributed by atoms with Crippen LogP contribution >= 0.6 is 0 Å². The fourth-order valence-electron chi connectivity index (χ4n) is 3.36. The number of hydrogen-bond acceptors (Lipinski definition) is 4. The van der Waals surface area contributed by atoms with Crippen molar-refractivity contribution in [2.45, 2.75) is 44.6 Å². The van der Waals surface area contributed by atoms with Crippen LogP contribution in [0.25, 0.3) is 0 Å². The van der Waals surface area contributed by atoms with Crippen molar-refractivity contribution in [2.75, 3.05) is 19.6 Å². The lowest BCUT2D eigenvalue weighted by Gasteiger charge is -2.35. The number of carbonyl (C=O) groups excluding carboxylic acids is 1. The molecule has 0 atom stereocenters. The SMILES string of the molecule is CCN(C(=O)C1CCN(S(=O)(=O)c2ccccc2C(=O)O)CC1)C(C)C. The van der Waals surface area contributed by atoms with Crippen LogP contribution in [0.3, 0.4) is 0 Å². The van der Waals surface area contributed by atoms with E-state index in [4.69, 9.17) is 0 Å². The van der Waals surface area contributed by atoms with Gasteiger partial charge in [0.1, 0.15) is 0 Å². The summed E-state index contributed by atoms with van der Waals surface area (Å²) < 4.78 is 27.0. The molecule has 0 aliphatic carbocycles. The number of carbonyl (C=O) groups is 2. The number of sulfonamides is 1. The Bertz CT molecular complexity index is 768. The second-order valence-electron chi connectivity index (χ2n) is 6.70. The highest BCUT2D eigenvalue weighted by Crippen LogP contribution is 2.27. The minimum atomic E-state index is -3.90. The Hall–Kier alpha value is -1.93. The molecule has 1 N–H and O–H groups in total. The van der Waals surface area contributed by atoms with Gasteiger partial charge in [0.2, 0.25) is 15.9 Å². The van der Waals surface area contributed by atoms with Crippen LogP contribution in [-0.2, 0) is 14.8 Å². The molecule has 0 unspecified atom stereocenters. The van der Waals surface area contributed by atoms with Gasteiger partial charge in [0.15, 0.2) is 0 Å². The zero-order valence-electron chi connectivity index (χ0n) is 15.4. The van der Waals surface area contributed by atoms with E-state index in [1.54, 1.807) is 4.90 Å². The van der Waals surface area contributed by atoms with Gasteiger partial charge in [-0.1, -0.05) is 12.1 Å². The lowest BCUT2D eigenvalue weighted by Crippen LogP contribution is -2.46. The largest absolute Gasteiger partial charge is 0.478 e. The van der Waals surface area contributed by atoms with Gasteiger partial charge < -0.3 is 10.0 Å². The second-order valence-corrected chi connectivity index (χ2v) is 8.60. The third-order valence-electron chi connectivity index (χ3n) is 4.79. The number of benzene rings is 1. The fourth-order valence-corrected chi connectivity index (χ4v) is 5.01. The smallest absolute Gasteiger partial charge is 0.337 e. The lowest BCUT2D eigenvalue weighted by atomic mass is 9.96. The third kappa shape index (κ3) is 4.07. The van der Waals surface area contributed by atoms with Crippen LogP contribution in [0.1, 0.15) is 44.0 Å². The number of carboxylic acids is 1. The summed E-state index contributed by atoms with van der Waals surface area (Å²) in [5, 5.41) is 9.25. The first-order chi connectivity index (χ1) is 12.2. The number of amides is 1. The molecule has 0 spiro atoms. The molecule has 26 heavy (non-hydrogen) atoms. The normalized spacial score (nSPS) is 16.6. The molecule has 0 saturated carbocycles. The summed E-state index contributed by atoms with van der Waals surface area (Å²) in [6.07, 6.45) is 0.882. The molecule has 8 heteroatoms. The summed E-state index contributed by atoms with van der Waals surface area (Å²) in [5.41, 5.74) is -0.234. The standard InChI is InChI=1S/C18H26N2O5S/c1-4-20(13(2)3)17(21)14-9-11-19(12-10-14)26(24,25)16-8-6-5-7-15(16)18(22)23/h5-8,13-14H,4,9-12H2,1-3H3,(H,22,23). The van der Waals surface area contributed by atoms with E-state index >= 15 is 0 Å². The van der Waals surface area contributed by atoms with Gasteiger partial charge >= 0.3 is 5.97 Å². The third-order valence-corrected chi connectivity index (χ3v) is 6.74. The molecule has 1 aromatic carbocycles. The van der Waals surface area contributed by atoms with E-state index in [-0.39, 0.29) is 41.4 Å². The van der Waals surface area contributed by atoms with Gasteiger partial charge in [0.05, 0.1) is 10.5 Å². The van der Waals surface area contributed by atoms with Crippen LogP contribution < -0.4 is 0 Å². The maximum atomic E-state index is 12.9. The van der Waals surface area contributed by atoms with Crippen LogP contribution in [-0.4, -0.2) is 60.3 Å². The Morgan fingerprint density at radius 3 is 2.31 bits per heavy atom. The average Bonchev–Trinajstić information content (AvgIpc) is 2.62. The van der Waals surface area contributed by atoms with Gasteiger partial charge in [-0.3, -0.25) is 4.79 Å². The highest BCUT2D eigenvalue weighted by molar-refractivity contribution is 7.89. The van der Waals surface area contributed by atoms with Crippen molar-refractivity contribution in [2.24, 2.45) is 5.92 Å². The van der Waals surface area contributed by atoms with Crippen molar-refractivity contribution in [1.82, 2.24) is 9.21 Å². The first kappa shape index (κ1) is 20.4. The first-order valence-electron chi connectivity index (χ1n) is 8.83. The first-order valence-corrected chi connectivity index (χ1v) is 10.3. The minimum Gasteiger partial charge on any atom is -0.478 e. The van der Waals surface area contributed by atoms with Crippen LogP contribution in [0.5, 0.6) is 0 Å². The van der Waals surface area contributed by atoms with Crippen LogP contribution in [0.15, 0.2) is 29.2 Å². The average molecular weight is 382 g/mol. The molecule has 2 rings (SSSR count). The van der Waals surface area contributed by atoms with Crippen LogP contribution in [0.4, 0.5) is 0 Å². The van der Waals surface area contributed by atoms with Gasteiger partial charge in [-0.05, 0) is 45.7 Å². The molecule has 0 radical (unpaired) electrons. The summed E-state index contributed by atoms with van der Waals surface area (Å²) >= 11 is 0. The van der Waals surface area contributed by atoms with Gasteiger partial charge in [-0.2, -0.15) is 4.31 Å². The van der Waals surface area contributed by atoms with Gasteiger partial charge in [-0.25, -0.2) is 13.2 Å². The van der Waals surface area contributed by atoms with E-state index in [2.05, 4.69) is 0 Å². The highest BCUT2D eigenvalue weighted by atomic mass is 32.2. The van der Waals surface area contributed by atoms with Crippen molar-refractivity contribution in [1.29, 1.82) is 0 Å². The van der Waals surface area contributed by atoms with Crippen LogP contribution in [0, 0.1) is 5.92 Å². The quantitative estimate of drug-likeness (QED) is 0.812. The number of piperidine rings is 1. The molecule has 144 valence electrons. The molecular formula is C18H26N2O5S. The number of aromatic carboxylic acids is 1. The Kier molecular flexibility index (Phi) is 6.41. The van der Waals surface area contributed by atoms with Gasteiger partial charge in [-0.15, -0.1) is 0 Å². The number of nitrogens with zero attached hydrogens (tertiary/aromatic N) is 2. The van der Waals surface area contributed by atoms with Crippen molar-refractivity contribution in [3.63, 3.8) is 0 Å². The van der Waals surface area contributed by atoms with E-state index in [9.17, 15) is 23.1 Å². The van der Waals surface area contributed by atoms with E-state index in [0.717, 1.165) is 0 Å². The summed E-state index contributed by atoms with van der Waals surface area (Å²) in [4.78, 5) is 25.6. The topological polar surface area (TPSA) is 95.0 Å². The predicted molar refractivity (Wildman–Crippen MR) is 97.4 cm³/mol. The molecule has 1 heterocycles. The summed E-state index contributed by atoms with van der Waals surface area (Å²) in [7, 11) is -3.90. The zero-order chi connectivity index (χ0) is 19.5. The number of carboxylic acid groups (broad SMARTS) is 1. The molecule has 1 aliphatic heterocycles. The molecule has 1 aliphatic rings. The number of rotatable bonds is 6. The zero-order valence-corrected chi connectivity index (χ0v) is 16.2. The second kappa shape index (κ2) is 8.18. The molecule has 1 saturated heterocycles. The van der Waals surface area contributed by atoms with E-state index < -0.39 is 16.0 Å². The maximum Gasteiger partial charge on any atom is 0.337 e. The van der Waals surface area contributed by atoms with Gasteiger partial charge in [0.25, 0.3) is 0 Å². The van der Waals surface area contributed by atoms with Crippen molar-refractivity contribution in [3.8, 4) is 0 Å². The molecule has 1 amide bonds. The van der Waals surface area contributed by atoms with Gasteiger partial charge in [0, 0.05) is 31.6 Å². The Morgan fingerprint density at radius 1 is 1.23 bits per heavy atom. The summed E-state index contributed by atoms with van der Waals surface area (Å²) in [5.74, 6) is -1.41. The molecular weight excluding hydrogens is 356 g/mol. The number of hydrogen-bond donors (Lipinski definition) is 1. The molecule has 0 aromatic heterocycles. The summed E-state index contributed by atoms with van der Waals surface area (Å²) in [6.45, 7) is 6.90. The Balaban J connectivity index is 2.15. The van der Waals surface area contributed by atoms with E-state index in [0.29, 0.717) is 19.4 Å². The Morgan fingerprint density at radius 2 is 1.81 bits per heavy atom. The minimum absolute atomic E-state index is 0.0606. The summed E-state index contributed by atoms with van der Waals surface area (Å²) in [6, 6.07) is 5.72. The molecule has 0 bridgehead atoms. The Labute approximate surface area is 154 Å². The maximum absolute atomic E-state index is 12.9. The monoisotopic (exact) mass is 382 g/mol. The molecule has 1 fully saturated rings. The van der Waals surface area contributed by atoms with Crippen molar-refractivity contribution >= 4 is 21.9 Å². The van der Waals surface area contributed by atoms with Crippen molar-refractivity contribution < 1.29 is 23.1 Å². The lowest BCUT2D eigenvalue weighted by molar-refractivity contribution is -0.138. The highest BCUT2D eigenvalue weighted by Gasteiger charge is 2.35.